The van der Waals surface area contributed by atoms with E-state index in [0.29, 0.717) is 22.8 Å². The highest BCUT2D eigenvalue weighted by Gasteiger charge is 2.04. The van der Waals surface area contributed by atoms with Gasteiger partial charge in [-0.05, 0) is 30.3 Å². The molecule has 0 spiro atoms. The third kappa shape index (κ3) is 4.78. The normalized spacial score (nSPS) is 9.86. The average Bonchev–Trinajstić information content (AvgIpc) is 2.47. The van der Waals surface area contributed by atoms with Crippen molar-refractivity contribution in [1.82, 2.24) is 0 Å². The minimum absolute atomic E-state index is 0.0172. The molecule has 0 unspecified atom stereocenters. The van der Waals surface area contributed by atoms with Gasteiger partial charge in [0.05, 0.1) is 6.61 Å². The maximum absolute atomic E-state index is 13.3. The van der Waals surface area contributed by atoms with Gasteiger partial charge in [-0.3, -0.25) is 0 Å². The molecule has 0 radical (unpaired) electrons. The largest absolute Gasteiger partial charge is 0.489 e. The molecule has 0 saturated carbocycles. The molecule has 0 aliphatic heterocycles. The van der Waals surface area contributed by atoms with E-state index in [1.54, 1.807) is 30.3 Å². The van der Waals surface area contributed by atoms with Crippen molar-refractivity contribution in [3.63, 3.8) is 0 Å². The van der Waals surface area contributed by atoms with Crippen molar-refractivity contribution in [2.45, 2.75) is 13.0 Å². The number of aliphatic hydroxyl groups is 1. The van der Waals surface area contributed by atoms with E-state index in [0.717, 1.165) is 5.56 Å². The summed E-state index contributed by atoms with van der Waals surface area (Å²) in [7, 11) is 0. The molecule has 2 nitrogen and oxygen atoms in total. The Morgan fingerprint density at radius 1 is 1.19 bits per heavy atom. The summed E-state index contributed by atoms with van der Waals surface area (Å²) >= 11 is 5.89. The zero-order valence-electron chi connectivity index (χ0n) is 11.3. The van der Waals surface area contributed by atoms with E-state index in [9.17, 15) is 4.39 Å². The van der Waals surface area contributed by atoms with Crippen molar-refractivity contribution in [1.29, 1.82) is 0 Å². The van der Waals surface area contributed by atoms with Crippen LogP contribution in [0.4, 0.5) is 4.39 Å². The molecule has 0 atom stereocenters. The molecule has 1 N–H and O–H groups in total. The van der Waals surface area contributed by atoms with Crippen LogP contribution in [-0.2, 0) is 6.61 Å². The lowest BCUT2D eigenvalue weighted by atomic mass is 10.1. The topological polar surface area (TPSA) is 29.5 Å². The zero-order valence-corrected chi connectivity index (χ0v) is 12.0. The first-order valence-electron chi connectivity index (χ1n) is 6.45. The van der Waals surface area contributed by atoms with Gasteiger partial charge in [-0.15, -0.1) is 0 Å². The number of rotatable bonds is 4. The van der Waals surface area contributed by atoms with Gasteiger partial charge in [-0.1, -0.05) is 35.6 Å². The zero-order chi connectivity index (χ0) is 15.1. The van der Waals surface area contributed by atoms with Gasteiger partial charge in [0, 0.05) is 22.6 Å². The smallest absolute Gasteiger partial charge is 0.124 e. The van der Waals surface area contributed by atoms with E-state index < -0.39 is 0 Å². The van der Waals surface area contributed by atoms with E-state index in [-0.39, 0.29) is 19.0 Å². The van der Waals surface area contributed by atoms with E-state index in [4.69, 9.17) is 21.4 Å². The molecular formula is C17H14ClFO2. The molecule has 0 aliphatic rings. The molecule has 108 valence electrons. The van der Waals surface area contributed by atoms with E-state index in [2.05, 4.69) is 11.8 Å². The van der Waals surface area contributed by atoms with Crippen LogP contribution in [0.3, 0.4) is 0 Å². The second-order valence-electron chi connectivity index (χ2n) is 4.32. The number of ether oxygens (including phenoxy) is 1. The highest BCUT2D eigenvalue weighted by molar-refractivity contribution is 6.30. The fourth-order valence-electron chi connectivity index (χ4n) is 1.72. The van der Waals surface area contributed by atoms with E-state index in [1.807, 2.05) is 0 Å². The Morgan fingerprint density at radius 3 is 2.81 bits per heavy atom. The summed E-state index contributed by atoms with van der Waals surface area (Å²) in [5, 5.41) is 9.32. The van der Waals surface area contributed by atoms with Crippen molar-refractivity contribution in [2.24, 2.45) is 0 Å². The Kier molecular flexibility index (Phi) is 5.62. The van der Waals surface area contributed by atoms with Gasteiger partial charge in [0.15, 0.2) is 0 Å². The third-order valence-corrected chi connectivity index (χ3v) is 2.96. The van der Waals surface area contributed by atoms with Crippen LogP contribution in [0.5, 0.6) is 5.75 Å². The van der Waals surface area contributed by atoms with Crippen molar-refractivity contribution in [2.75, 3.05) is 6.61 Å². The van der Waals surface area contributed by atoms with Gasteiger partial charge < -0.3 is 9.84 Å². The number of hydrogen-bond acceptors (Lipinski definition) is 2. The first-order chi connectivity index (χ1) is 10.2. The number of benzene rings is 2. The molecule has 2 aromatic rings. The first kappa shape index (κ1) is 15.4. The molecule has 0 aliphatic carbocycles. The summed E-state index contributed by atoms with van der Waals surface area (Å²) in [5.41, 5.74) is 1.34. The van der Waals surface area contributed by atoms with Crippen LogP contribution in [0.2, 0.25) is 5.02 Å². The van der Waals surface area contributed by atoms with Gasteiger partial charge in [0.2, 0.25) is 0 Å². The summed E-state index contributed by atoms with van der Waals surface area (Å²) in [6.07, 6.45) is 0.352. The van der Waals surface area contributed by atoms with Gasteiger partial charge >= 0.3 is 0 Å². The molecule has 0 bridgehead atoms. The highest BCUT2D eigenvalue weighted by Crippen LogP contribution is 2.19. The monoisotopic (exact) mass is 304 g/mol. The van der Waals surface area contributed by atoms with Gasteiger partial charge in [0.1, 0.15) is 18.2 Å². The molecular weight excluding hydrogens is 291 g/mol. The van der Waals surface area contributed by atoms with Crippen LogP contribution < -0.4 is 4.74 Å². The predicted octanol–water partition coefficient (Wildman–Crippen LogP) is 3.79. The van der Waals surface area contributed by atoms with Crippen LogP contribution in [0, 0.1) is 17.7 Å². The SMILES string of the molecule is OCCC#Cc1cc(F)ccc1COc1cccc(Cl)c1. The van der Waals surface area contributed by atoms with E-state index >= 15 is 0 Å². The van der Waals surface area contributed by atoms with Crippen molar-refractivity contribution >= 4 is 11.6 Å². The van der Waals surface area contributed by atoms with Gasteiger partial charge in [-0.2, -0.15) is 0 Å². The Balaban J connectivity index is 2.14. The van der Waals surface area contributed by atoms with Crippen molar-refractivity contribution < 1.29 is 14.2 Å². The average molecular weight is 305 g/mol. The van der Waals surface area contributed by atoms with Crippen LogP contribution in [0.15, 0.2) is 42.5 Å². The van der Waals surface area contributed by atoms with Crippen LogP contribution in [0.25, 0.3) is 0 Å². The van der Waals surface area contributed by atoms with E-state index in [1.165, 1.54) is 12.1 Å². The summed E-state index contributed by atoms with van der Waals surface area (Å²) in [6.45, 7) is 0.250. The van der Waals surface area contributed by atoms with Crippen LogP contribution in [-0.4, -0.2) is 11.7 Å². The van der Waals surface area contributed by atoms with Crippen molar-refractivity contribution in [3.8, 4) is 17.6 Å². The maximum Gasteiger partial charge on any atom is 0.124 e. The second kappa shape index (κ2) is 7.68. The molecule has 0 amide bonds. The molecule has 21 heavy (non-hydrogen) atoms. The Morgan fingerprint density at radius 2 is 2.05 bits per heavy atom. The predicted molar refractivity (Wildman–Crippen MR) is 80.8 cm³/mol. The molecule has 0 saturated heterocycles. The fourth-order valence-corrected chi connectivity index (χ4v) is 1.90. The van der Waals surface area contributed by atoms with Crippen LogP contribution in [0.1, 0.15) is 17.5 Å². The molecule has 2 rings (SSSR count). The Bertz CT molecular complexity index is 674. The number of hydrogen-bond donors (Lipinski definition) is 1. The minimum Gasteiger partial charge on any atom is -0.489 e. The summed E-state index contributed by atoms with van der Waals surface area (Å²) in [4.78, 5) is 0. The summed E-state index contributed by atoms with van der Waals surface area (Å²) in [5.74, 6) is 5.92. The number of halogens is 2. The minimum atomic E-state index is -0.352. The third-order valence-electron chi connectivity index (χ3n) is 2.72. The molecule has 0 fully saturated rings. The van der Waals surface area contributed by atoms with Gasteiger partial charge in [0.25, 0.3) is 0 Å². The molecule has 0 heterocycles. The lowest BCUT2D eigenvalue weighted by molar-refractivity contribution is 0.305. The molecule has 0 aromatic heterocycles. The van der Waals surface area contributed by atoms with Crippen LogP contribution >= 0.6 is 11.6 Å². The van der Waals surface area contributed by atoms with Gasteiger partial charge in [-0.25, -0.2) is 4.39 Å². The summed E-state index contributed by atoms with van der Waals surface area (Å²) in [6, 6.07) is 11.4. The number of aliphatic hydroxyl groups excluding tert-OH is 1. The maximum atomic E-state index is 13.3. The molecule has 4 heteroatoms. The highest BCUT2D eigenvalue weighted by atomic mass is 35.5. The fraction of sp³-hybridized carbons (Fsp3) is 0.176. The van der Waals surface area contributed by atoms with Crippen molar-refractivity contribution in [3.05, 3.63) is 64.4 Å². The quantitative estimate of drug-likeness (QED) is 0.871. The Labute approximate surface area is 128 Å². The summed E-state index contributed by atoms with van der Waals surface area (Å²) < 4.78 is 18.9. The molecule has 2 aromatic carbocycles. The first-order valence-corrected chi connectivity index (χ1v) is 6.83. The lowest BCUT2D eigenvalue weighted by Gasteiger charge is -2.08. The Hall–Kier alpha value is -2.02. The standard InChI is InChI=1S/C17H14ClFO2/c18-15-5-3-6-17(11-15)21-12-14-7-8-16(19)10-13(14)4-1-2-9-20/h3,5-8,10-11,20H,2,9,12H2. The second-order valence-corrected chi connectivity index (χ2v) is 4.76. The lowest BCUT2D eigenvalue weighted by Crippen LogP contribution is -1.99.